The Morgan fingerprint density at radius 3 is 2.40 bits per heavy atom. The van der Waals surface area contributed by atoms with Crippen LogP contribution >= 0.6 is 8.03 Å². The van der Waals surface area contributed by atoms with E-state index in [1.54, 1.807) is 6.92 Å². The standard InChI is InChI=1S/C12H13FO6P/c1-3-18-20(16)12(11(15)17-2)19-10(14)8-4-6-9(13)7-5-8/h4-7,12H,3H2,1-2H3/q+1. The molecular weight excluding hydrogens is 290 g/mol. The van der Waals surface area contributed by atoms with Crippen LogP contribution in [0.15, 0.2) is 24.3 Å². The third kappa shape index (κ3) is 4.36. The van der Waals surface area contributed by atoms with E-state index >= 15 is 0 Å². The average molecular weight is 303 g/mol. The zero-order valence-corrected chi connectivity index (χ0v) is 11.8. The summed E-state index contributed by atoms with van der Waals surface area (Å²) in [6.07, 6.45) is 0. The molecule has 2 atom stereocenters. The van der Waals surface area contributed by atoms with Crippen molar-refractivity contribution in [3.05, 3.63) is 35.6 Å². The molecule has 1 rings (SSSR count). The van der Waals surface area contributed by atoms with Crippen LogP contribution in [0.1, 0.15) is 17.3 Å². The highest BCUT2D eigenvalue weighted by atomic mass is 31.1. The zero-order chi connectivity index (χ0) is 15.1. The largest absolute Gasteiger partial charge is 0.566 e. The monoisotopic (exact) mass is 303 g/mol. The Balaban J connectivity index is 2.83. The lowest BCUT2D eigenvalue weighted by Gasteiger charge is -2.06. The van der Waals surface area contributed by atoms with E-state index in [1.165, 1.54) is 12.1 Å². The predicted octanol–water partition coefficient (Wildman–Crippen LogP) is 2.26. The lowest BCUT2D eigenvalue weighted by atomic mass is 10.2. The molecule has 1 aromatic carbocycles. The van der Waals surface area contributed by atoms with Gasteiger partial charge in [-0.15, -0.1) is 4.52 Å². The lowest BCUT2D eigenvalue weighted by molar-refractivity contribution is -0.146. The molecule has 0 aromatic heterocycles. The summed E-state index contributed by atoms with van der Waals surface area (Å²) in [5.74, 6) is -4.10. The molecule has 0 aliphatic heterocycles. The molecule has 0 saturated carbocycles. The number of rotatable bonds is 6. The van der Waals surface area contributed by atoms with Gasteiger partial charge in [-0.1, -0.05) is 0 Å². The molecule has 0 saturated heterocycles. The van der Waals surface area contributed by atoms with Crippen LogP contribution in [0.4, 0.5) is 4.39 Å². The topological polar surface area (TPSA) is 78.9 Å². The van der Waals surface area contributed by atoms with Gasteiger partial charge in [0.05, 0.1) is 19.3 Å². The van der Waals surface area contributed by atoms with E-state index in [-0.39, 0.29) is 12.2 Å². The van der Waals surface area contributed by atoms with Crippen molar-refractivity contribution in [2.75, 3.05) is 13.7 Å². The van der Waals surface area contributed by atoms with E-state index in [1.807, 2.05) is 0 Å². The number of benzene rings is 1. The second-order valence-electron chi connectivity index (χ2n) is 3.49. The van der Waals surface area contributed by atoms with Crippen molar-refractivity contribution in [2.24, 2.45) is 0 Å². The summed E-state index contributed by atoms with van der Waals surface area (Å²) >= 11 is 0. The minimum Gasteiger partial charge on any atom is -0.463 e. The van der Waals surface area contributed by atoms with E-state index < -0.39 is 31.6 Å². The molecule has 1 aromatic rings. The normalized spacial score (nSPS) is 12.4. The number of ether oxygens (including phenoxy) is 2. The number of carbonyl (C=O) groups is 2. The molecule has 2 unspecified atom stereocenters. The van der Waals surface area contributed by atoms with Gasteiger partial charge in [0.15, 0.2) is 0 Å². The number of carbonyl (C=O) groups excluding carboxylic acids is 2. The number of methoxy groups -OCH3 is 1. The van der Waals surface area contributed by atoms with Crippen LogP contribution in [0.25, 0.3) is 0 Å². The van der Waals surface area contributed by atoms with Crippen molar-refractivity contribution in [1.29, 1.82) is 0 Å². The molecule has 108 valence electrons. The van der Waals surface area contributed by atoms with Crippen LogP contribution in [0.5, 0.6) is 0 Å². The highest BCUT2D eigenvalue weighted by Crippen LogP contribution is 2.31. The van der Waals surface area contributed by atoms with Gasteiger partial charge in [0.25, 0.3) is 0 Å². The summed E-state index contributed by atoms with van der Waals surface area (Å²) in [6.45, 7) is 1.65. The van der Waals surface area contributed by atoms with Gasteiger partial charge in [-0.25, -0.2) is 14.0 Å². The van der Waals surface area contributed by atoms with Crippen molar-refractivity contribution in [3.63, 3.8) is 0 Å². The Kier molecular flexibility index (Phi) is 6.21. The first kappa shape index (κ1) is 16.2. The van der Waals surface area contributed by atoms with Crippen molar-refractivity contribution in [2.45, 2.75) is 12.8 Å². The molecule has 0 radical (unpaired) electrons. The highest BCUT2D eigenvalue weighted by molar-refractivity contribution is 7.41. The lowest BCUT2D eigenvalue weighted by Crippen LogP contribution is -2.26. The third-order valence-corrected chi connectivity index (χ3v) is 3.36. The minimum atomic E-state index is -2.56. The smallest absolute Gasteiger partial charge is 0.463 e. The van der Waals surface area contributed by atoms with Gasteiger partial charge in [0.1, 0.15) is 5.82 Å². The SMILES string of the molecule is CCO[P+](=O)C(OC(=O)c1ccc(F)cc1)C(=O)OC. The molecule has 8 heteroatoms. The van der Waals surface area contributed by atoms with Crippen LogP contribution < -0.4 is 0 Å². The molecule has 0 amide bonds. The summed E-state index contributed by atoms with van der Waals surface area (Å²) < 4.78 is 38.3. The van der Waals surface area contributed by atoms with Gasteiger partial charge in [0.2, 0.25) is 0 Å². The quantitative estimate of drug-likeness (QED) is 0.592. The Labute approximate surface area is 115 Å². The molecular formula is C12H13FO6P+. The molecule has 0 N–H and O–H groups in total. The third-order valence-electron chi connectivity index (χ3n) is 2.15. The van der Waals surface area contributed by atoms with Crippen LogP contribution in [-0.2, 0) is 23.4 Å². The Bertz CT molecular complexity index is 501. The van der Waals surface area contributed by atoms with Gasteiger partial charge in [-0.3, -0.25) is 0 Å². The summed E-state index contributed by atoms with van der Waals surface area (Å²) in [7, 11) is -1.49. The highest BCUT2D eigenvalue weighted by Gasteiger charge is 2.44. The average Bonchev–Trinajstić information content (AvgIpc) is 2.44. The molecule has 0 spiro atoms. The van der Waals surface area contributed by atoms with Crippen molar-refractivity contribution in [3.8, 4) is 0 Å². The van der Waals surface area contributed by atoms with E-state index in [0.29, 0.717) is 0 Å². The number of hydrogen-bond acceptors (Lipinski definition) is 6. The first-order valence-corrected chi connectivity index (χ1v) is 6.88. The zero-order valence-electron chi connectivity index (χ0n) is 10.9. The van der Waals surface area contributed by atoms with Crippen LogP contribution in [-0.4, -0.2) is 31.5 Å². The molecule has 6 nitrogen and oxygen atoms in total. The summed E-state index contributed by atoms with van der Waals surface area (Å²) in [5.41, 5.74) is 0.0141. The second kappa shape index (κ2) is 7.67. The van der Waals surface area contributed by atoms with E-state index in [4.69, 9.17) is 9.26 Å². The maximum atomic E-state index is 12.7. The first-order valence-electron chi connectivity index (χ1n) is 5.63. The number of esters is 2. The Hall–Kier alpha value is -1.85. The molecule has 0 aliphatic carbocycles. The maximum absolute atomic E-state index is 12.7. The van der Waals surface area contributed by atoms with Gasteiger partial charge in [-0.2, -0.15) is 0 Å². The molecule has 0 aliphatic rings. The van der Waals surface area contributed by atoms with Gasteiger partial charge in [-0.05, 0) is 35.8 Å². The van der Waals surface area contributed by atoms with E-state index in [2.05, 4.69) is 4.74 Å². The Morgan fingerprint density at radius 1 is 1.30 bits per heavy atom. The minimum absolute atomic E-state index is 0.0141. The fourth-order valence-corrected chi connectivity index (χ4v) is 2.08. The van der Waals surface area contributed by atoms with Crippen LogP contribution in [0.3, 0.4) is 0 Å². The second-order valence-corrected chi connectivity index (χ2v) is 4.79. The molecule has 0 heterocycles. The van der Waals surface area contributed by atoms with Crippen LogP contribution in [0, 0.1) is 5.82 Å². The summed E-state index contributed by atoms with van der Waals surface area (Å²) in [5, 5.41) is 0. The predicted molar refractivity (Wildman–Crippen MR) is 66.9 cm³/mol. The van der Waals surface area contributed by atoms with E-state index in [9.17, 15) is 18.5 Å². The van der Waals surface area contributed by atoms with Crippen LogP contribution in [0.2, 0.25) is 0 Å². The molecule has 20 heavy (non-hydrogen) atoms. The van der Waals surface area contributed by atoms with Gasteiger partial charge < -0.3 is 9.47 Å². The van der Waals surface area contributed by atoms with Gasteiger partial charge >= 0.3 is 25.8 Å². The summed E-state index contributed by atoms with van der Waals surface area (Å²) in [4.78, 5) is 23.2. The Morgan fingerprint density at radius 2 is 1.90 bits per heavy atom. The first-order chi connectivity index (χ1) is 9.49. The summed E-state index contributed by atoms with van der Waals surface area (Å²) in [6, 6.07) is 4.48. The van der Waals surface area contributed by atoms with Crippen molar-refractivity contribution >= 4 is 20.0 Å². The number of halogens is 1. The fraction of sp³-hybridized carbons (Fsp3) is 0.333. The van der Waals surface area contributed by atoms with Crippen molar-refractivity contribution < 1.29 is 32.5 Å². The van der Waals surface area contributed by atoms with Crippen molar-refractivity contribution in [1.82, 2.24) is 0 Å². The number of hydrogen-bond donors (Lipinski definition) is 0. The van der Waals surface area contributed by atoms with E-state index in [0.717, 1.165) is 19.2 Å². The van der Waals surface area contributed by atoms with Gasteiger partial charge in [0, 0.05) is 0 Å². The molecule has 0 fully saturated rings. The fourth-order valence-electron chi connectivity index (χ4n) is 1.23. The molecule has 0 bridgehead atoms. The maximum Gasteiger partial charge on any atom is 0.566 e.